The van der Waals surface area contributed by atoms with E-state index < -0.39 is 21.8 Å². The minimum Gasteiger partial charge on any atom is -0.300 e. The van der Waals surface area contributed by atoms with E-state index in [2.05, 4.69) is 9.62 Å². The van der Waals surface area contributed by atoms with Crippen LogP contribution in [0.4, 0.5) is 13.2 Å². The molecule has 128 valence electrons. The molecule has 2 saturated heterocycles. The lowest BCUT2D eigenvalue weighted by atomic mass is 9.99. The van der Waals surface area contributed by atoms with Crippen LogP contribution in [0.2, 0.25) is 0 Å². The van der Waals surface area contributed by atoms with Crippen molar-refractivity contribution in [2.24, 2.45) is 0 Å². The molecule has 0 aliphatic carbocycles. The molecule has 2 bridgehead atoms. The summed E-state index contributed by atoms with van der Waals surface area (Å²) in [6.07, 6.45) is -1.07. The number of hydrogen-bond donors (Lipinski definition) is 1. The number of halogens is 3. The molecule has 0 aromatic heterocycles. The smallest absolute Gasteiger partial charge is 0.300 e. The van der Waals surface area contributed by atoms with Crippen molar-refractivity contribution in [3.05, 3.63) is 29.8 Å². The average molecular weight is 348 g/mol. The second-order valence-electron chi connectivity index (χ2n) is 6.37. The van der Waals surface area contributed by atoms with E-state index in [1.807, 2.05) is 7.05 Å². The Labute approximate surface area is 133 Å². The van der Waals surface area contributed by atoms with Gasteiger partial charge < -0.3 is 4.90 Å². The highest BCUT2D eigenvalue weighted by Crippen LogP contribution is 2.35. The van der Waals surface area contributed by atoms with Gasteiger partial charge in [-0.2, -0.15) is 13.2 Å². The highest BCUT2D eigenvalue weighted by Gasteiger charge is 2.40. The van der Waals surface area contributed by atoms with Gasteiger partial charge >= 0.3 is 6.18 Å². The van der Waals surface area contributed by atoms with Gasteiger partial charge in [-0.05, 0) is 50.9 Å². The summed E-state index contributed by atoms with van der Waals surface area (Å²) in [5, 5.41) is 0. The topological polar surface area (TPSA) is 49.4 Å². The molecule has 0 spiro atoms. The highest BCUT2D eigenvalue weighted by atomic mass is 32.2. The van der Waals surface area contributed by atoms with Crippen LogP contribution < -0.4 is 4.72 Å². The van der Waals surface area contributed by atoms with Crippen molar-refractivity contribution in [1.82, 2.24) is 9.62 Å². The maximum Gasteiger partial charge on any atom is 0.416 e. The van der Waals surface area contributed by atoms with Crippen molar-refractivity contribution in [2.75, 3.05) is 7.05 Å². The minimum atomic E-state index is -4.56. The first kappa shape index (κ1) is 16.7. The molecule has 2 fully saturated rings. The zero-order valence-electron chi connectivity index (χ0n) is 12.7. The van der Waals surface area contributed by atoms with Crippen LogP contribution in [0.25, 0.3) is 0 Å². The van der Waals surface area contributed by atoms with E-state index in [0.29, 0.717) is 31.0 Å². The van der Waals surface area contributed by atoms with Gasteiger partial charge in [0.2, 0.25) is 10.0 Å². The summed E-state index contributed by atoms with van der Waals surface area (Å²) in [7, 11) is -1.91. The van der Waals surface area contributed by atoms with Crippen LogP contribution in [0.15, 0.2) is 29.2 Å². The van der Waals surface area contributed by atoms with Crippen molar-refractivity contribution >= 4 is 10.0 Å². The van der Waals surface area contributed by atoms with Gasteiger partial charge in [0.1, 0.15) is 0 Å². The van der Waals surface area contributed by atoms with Gasteiger partial charge in [0.05, 0.1) is 10.5 Å². The molecule has 2 aliphatic rings. The second kappa shape index (κ2) is 5.75. The number of fused-ring (bicyclic) bond motifs is 2. The van der Waals surface area contributed by atoms with Gasteiger partial charge in [-0.15, -0.1) is 0 Å². The quantitative estimate of drug-likeness (QED) is 0.914. The third-order valence-electron chi connectivity index (χ3n) is 4.89. The number of benzene rings is 1. The first-order chi connectivity index (χ1) is 10.7. The number of alkyl halides is 3. The van der Waals surface area contributed by atoms with Gasteiger partial charge in [0.25, 0.3) is 0 Å². The minimum absolute atomic E-state index is 0.219. The van der Waals surface area contributed by atoms with E-state index in [0.717, 1.165) is 25.0 Å². The number of piperidine rings is 1. The summed E-state index contributed by atoms with van der Waals surface area (Å²) in [6, 6.07) is 4.35. The molecule has 3 atom stereocenters. The standard InChI is InChI=1S/C15H19F3N2O2S/c1-20-12-5-6-13(20)9-11(8-12)19-23(21,22)14-4-2-3-10(7-14)15(16,17)18/h2-4,7,11-13,19H,5-6,8-9H2,1H3/t11?,12-,13+. The van der Waals surface area contributed by atoms with Crippen LogP contribution in [-0.4, -0.2) is 38.5 Å². The van der Waals surface area contributed by atoms with Crippen LogP contribution in [0, 0.1) is 0 Å². The van der Waals surface area contributed by atoms with E-state index in [9.17, 15) is 21.6 Å². The molecule has 3 rings (SSSR count). The lowest BCUT2D eigenvalue weighted by Gasteiger charge is -2.36. The Balaban J connectivity index is 1.78. The molecule has 1 aromatic carbocycles. The number of hydrogen-bond acceptors (Lipinski definition) is 3. The fourth-order valence-electron chi connectivity index (χ4n) is 3.63. The predicted octanol–water partition coefficient (Wildman–Crippen LogP) is 2.61. The summed E-state index contributed by atoms with van der Waals surface area (Å²) in [4.78, 5) is 1.94. The molecule has 1 N–H and O–H groups in total. The van der Waals surface area contributed by atoms with Gasteiger partial charge in [-0.1, -0.05) is 6.07 Å². The van der Waals surface area contributed by atoms with Crippen LogP contribution in [0.3, 0.4) is 0 Å². The zero-order chi connectivity index (χ0) is 16.8. The monoisotopic (exact) mass is 348 g/mol. The average Bonchev–Trinajstić information content (AvgIpc) is 2.69. The van der Waals surface area contributed by atoms with E-state index in [4.69, 9.17) is 0 Å². The molecule has 0 amide bonds. The first-order valence-electron chi connectivity index (χ1n) is 7.58. The molecular formula is C15H19F3N2O2S. The third kappa shape index (κ3) is 3.39. The maximum atomic E-state index is 12.7. The number of nitrogens with one attached hydrogen (secondary N) is 1. The lowest BCUT2D eigenvalue weighted by Crippen LogP contribution is -2.48. The molecule has 1 aromatic rings. The Hall–Kier alpha value is -1.12. The number of nitrogens with zero attached hydrogens (tertiary/aromatic N) is 1. The lowest BCUT2D eigenvalue weighted by molar-refractivity contribution is -0.137. The molecule has 4 nitrogen and oxygen atoms in total. The Morgan fingerprint density at radius 1 is 1.17 bits per heavy atom. The Morgan fingerprint density at radius 3 is 2.35 bits per heavy atom. The molecule has 2 heterocycles. The zero-order valence-corrected chi connectivity index (χ0v) is 13.5. The largest absolute Gasteiger partial charge is 0.416 e. The van der Waals surface area contributed by atoms with E-state index in [1.165, 1.54) is 6.07 Å². The molecule has 1 unspecified atom stereocenters. The van der Waals surface area contributed by atoms with E-state index in [1.54, 1.807) is 0 Å². The van der Waals surface area contributed by atoms with Crippen LogP contribution in [-0.2, 0) is 16.2 Å². The molecule has 8 heteroatoms. The van der Waals surface area contributed by atoms with Crippen molar-refractivity contribution in [3.8, 4) is 0 Å². The Bertz CT molecular complexity index is 676. The summed E-state index contributed by atoms with van der Waals surface area (Å²) in [6.45, 7) is 0. The number of sulfonamides is 1. The summed E-state index contributed by atoms with van der Waals surface area (Å²) in [5.74, 6) is 0. The molecule has 2 aliphatic heterocycles. The van der Waals surface area contributed by atoms with E-state index >= 15 is 0 Å². The van der Waals surface area contributed by atoms with Crippen LogP contribution in [0.5, 0.6) is 0 Å². The molecule has 0 saturated carbocycles. The molecular weight excluding hydrogens is 329 g/mol. The van der Waals surface area contributed by atoms with Crippen molar-refractivity contribution in [1.29, 1.82) is 0 Å². The normalized spacial score (nSPS) is 29.0. The first-order valence-corrected chi connectivity index (χ1v) is 9.06. The van der Waals surface area contributed by atoms with Crippen LogP contribution >= 0.6 is 0 Å². The van der Waals surface area contributed by atoms with Gasteiger partial charge in [-0.3, -0.25) is 0 Å². The summed E-state index contributed by atoms with van der Waals surface area (Å²) >= 11 is 0. The van der Waals surface area contributed by atoms with Crippen molar-refractivity contribution in [2.45, 2.75) is 54.9 Å². The fraction of sp³-hybridized carbons (Fsp3) is 0.600. The molecule has 0 radical (unpaired) electrons. The molecule has 23 heavy (non-hydrogen) atoms. The fourth-order valence-corrected chi connectivity index (χ4v) is 4.94. The van der Waals surface area contributed by atoms with Gasteiger partial charge in [0, 0.05) is 18.1 Å². The van der Waals surface area contributed by atoms with Crippen molar-refractivity contribution in [3.63, 3.8) is 0 Å². The number of rotatable bonds is 3. The second-order valence-corrected chi connectivity index (χ2v) is 8.08. The summed E-state index contributed by atoms with van der Waals surface area (Å²) in [5.41, 5.74) is -0.955. The Morgan fingerprint density at radius 2 is 1.78 bits per heavy atom. The predicted molar refractivity (Wildman–Crippen MR) is 79.4 cm³/mol. The van der Waals surface area contributed by atoms with Crippen molar-refractivity contribution < 1.29 is 21.6 Å². The van der Waals surface area contributed by atoms with E-state index in [-0.39, 0.29) is 10.9 Å². The Kier molecular flexibility index (Phi) is 4.18. The third-order valence-corrected chi connectivity index (χ3v) is 6.41. The van der Waals surface area contributed by atoms with Crippen LogP contribution in [0.1, 0.15) is 31.2 Å². The summed E-state index contributed by atoms with van der Waals surface area (Å²) < 4.78 is 65.6. The van der Waals surface area contributed by atoms with Gasteiger partial charge in [0.15, 0.2) is 0 Å². The van der Waals surface area contributed by atoms with Gasteiger partial charge in [-0.25, -0.2) is 13.1 Å². The highest BCUT2D eigenvalue weighted by molar-refractivity contribution is 7.89. The maximum absolute atomic E-state index is 12.7. The SMILES string of the molecule is CN1[C@@H]2CC[C@H]1CC(NS(=O)(=O)c1cccc(C(F)(F)F)c1)C2.